The Bertz CT molecular complexity index is 513. The van der Waals surface area contributed by atoms with Crippen LogP contribution in [0.15, 0.2) is 23.1 Å². The maximum absolute atomic E-state index is 13.0. The summed E-state index contributed by atoms with van der Waals surface area (Å²) >= 11 is 0. The van der Waals surface area contributed by atoms with Crippen molar-refractivity contribution in [2.45, 2.75) is 4.90 Å². The van der Waals surface area contributed by atoms with Crippen LogP contribution in [-0.2, 0) is 14.6 Å². The van der Waals surface area contributed by atoms with E-state index in [1.165, 1.54) is 7.05 Å². The van der Waals surface area contributed by atoms with Gasteiger partial charge in [-0.2, -0.15) is 0 Å². The topological polar surface area (TPSA) is 89.3 Å². The molecule has 0 unspecified atom stereocenters. The van der Waals surface area contributed by atoms with Gasteiger partial charge in [0.25, 0.3) is 0 Å². The van der Waals surface area contributed by atoms with Crippen molar-refractivity contribution < 1.29 is 17.6 Å². The van der Waals surface area contributed by atoms with Gasteiger partial charge in [0.1, 0.15) is 11.6 Å². The van der Waals surface area contributed by atoms with Crippen molar-refractivity contribution in [1.29, 1.82) is 0 Å². The van der Waals surface area contributed by atoms with E-state index in [1.54, 1.807) is 0 Å². The minimum atomic E-state index is -3.82. The summed E-state index contributed by atoms with van der Waals surface area (Å²) in [6.45, 7) is 0. The summed E-state index contributed by atoms with van der Waals surface area (Å²) in [6.07, 6.45) is 0. The monoisotopic (exact) mass is 246 g/mol. The zero-order valence-electron chi connectivity index (χ0n) is 8.53. The smallest absolute Gasteiger partial charge is 0.235 e. The van der Waals surface area contributed by atoms with E-state index in [0.717, 1.165) is 18.2 Å². The van der Waals surface area contributed by atoms with Crippen LogP contribution in [-0.4, -0.2) is 27.1 Å². The minimum absolute atomic E-state index is 0.140. The third-order valence-electron chi connectivity index (χ3n) is 1.93. The summed E-state index contributed by atoms with van der Waals surface area (Å²) in [5.41, 5.74) is 5.07. The van der Waals surface area contributed by atoms with E-state index in [9.17, 15) is 17.6 Å². The normalized spacial score (nSPS) is 11.1. The number of rotatable bonds is 3. The Morgan fingerprint density at radius 2 is 2.12 bits per heavy atom. The Morgan fingerprint density at radius 1 is 1.50 bits per heavy atom. The van der Waals surface area contributed by atoms with Gasteiger partial charge >= 0.3 is 0 Å². The second-order valence-corrected chi connectivity index (χ2v) is 5.11. The van der Waals surface area contributed by atoms with Crippen LogP contribution in [0.3, 0.4) is 0 Å². The molecule has 0 spiro atoms. The molecule has 1 aromatic rings. The molecule has 0 aliphatic rings. The van der Waals surface area contributed by atoms with Crippen LogP contribution in [0.2, 0.25) is 0 Å². The summed E-state index contributed by atoms with van der Waals surface area (Å²) in [7, 11) is -2.50. The fourth-order valence-corrected chi connectivity index (χ4v) is 2.24. The standard InChI is InChI=1S/C9H11FN2O3S/c1-12-9(13)5-16(14,15)6-2-3-8(11)7(10)4-6/h2-4H,5,11H2,1H3,(H,12,13). The van der Waals surface area contributed by atoms with Gasteiger partial charge in [-0.15, -0.1) is 0 Å². The molecule has 88 valence electrons. The predicted molar refractivity (Wildman–Crippen MR) is 56.9 cm³/mol. The molecule has 1 aromatic carbocycles. The van der Waals surface area contributed by atoms with Crippen LogP contribution in [0.25, 0.3) is 0 Å². The van der Waals surface area contributed by atoms with Crippen molar-refractivity contribution in [2.24, 2.45) is 0 Å². The van der Waals surface area contributed by atoms with Gasteiger partial charge in [0.2, 0.25) is 5.91 Å². The fourth-order valence-electron chi connectivity index (χ4n) is 1.03. The van der Waals surface area contributed by atoms with Crippen LogP contribution >= 0.6 is 0 Å². The van der Waals surface area contributed by atoms with E-state index < -0.39 is 27.3 Å². The first-order valence-corrected chi connectivity index (χ1v) is 6.00. The van der Waals surface area contributed by atoms with Crippen molar-refractivity contribution in [3.63, 3.8) is 0 Å². The van der Waals surface area contributed by atoms with Crippen molar-refractivity contribution in [3.8, 4) is 0 Å². The van der Waals surface area contributed by atoms with Gasteiger partial charge in [-0.1, -0.05) is 0 Å². The summed E-state index contributed by atoms with van der Waals surface area (Å²) in [5, 5.41) is 2.18. The SMILES string of the molecule is CNC(=O)CS(=O)(=O)c1ccc(N)c(F)c1. The molecule has 0 heterocycles. The average Bonchev–Trinajstić information content (AvgIpc) is 2.21. The summed E-state index contributed by atoms with van der Waals surface area (Å²) in [6, 6.07) is 3.11. The molecule has 0 atom stereocenters. The largest absolute Gasteiger partial charge is 0.396 e. The fraction of sp³-hybridized carbons (Fsp3) is 0.222. The third-order valence-corrected chi connectivity index (χ3v) is 3.55. The van der Waals surface area contributed by atoms with E-state index in [2.05, 4.69) is 5.32 Å². The van der Waals surface area contributed by atoms with Crippen molar-refractivity contribution in [2.75, 3.05) is 18.5 Å². The second kappa shape index (κ2) is 4.48. The number of hydrogen-bond acceptors (Lipinski definition) is 4. The number of anilines is 1. The van der Waals surface area contributed by atoms with Crippen molar-refractivity contribution in [3.05, 3.63) is 24.0 Å². The quantitative estimate of drug-likeness (QED) is 0.730. The lowest BCUT2D eigenvalue weighted by Crippen LogP contribution is -2.27. The molecule has 0 aliphatic heterocycles. The molecule has 1 rings (SSSR count). The van der Waals surface area contributed by atoms with Gasteiger partial charge in [-0.3, -0.25) is 4.79 Å². The third kappa shape index (κ3) is 2.69. The average molecular weight is 246 g/mol. The van der Waals surface area contributed by atoms with Crippen LogP contribution in [0.5, 0.6) is 0 Å². The van der Waals surface area contributed by atoms with E-state index >= 15 is 0 Å². The molecule has 3 N–H and O–H groups in total. The molecule has 0 saturated heterocycles. The molecule has 0 aliphatic carbocycles. The number of carbonyl (C=O) groups is 1. The van der Waals surface area contributed by atoms with Gasteiger partial charge in [0.15, 0.2) is 9.84 Å². The molecule has 0 fully saturated rings. The Labute approximate surface area is 92.4 Å². The molecule has 5 nitrogen and oxygen atoms in total. The summed E-state index contributed by atoms with van der Waals surface area (Å²) < 4.78 is 36.2. The summed E-state index contributed by atoms with van der Waals surface area (Å²) in [5.74, 6) is -2.19. The zero-order valence-corrected chi connectivity index (χ0v) is 9.34. The van der Waals surface area contributed by atoms with Gasteiger partial charge in [-0.25, -0.2) is 12.8 Å². The van der Waals surface area contributed by atoms with Crippen LogP contribution in [0.1, 0.15) is 0 Å². The lowest BCUT2D eigenvalue weighted by molar-refractivity contribution is -0.118. The molecule has 0 radical (unpaired) electrons. The minimum Gasteiger partial charge on any atom is -0.396 e. The Balaban J connectivity index is 3.08. The zero-order chi connectivity index (χ0) is 12.3. The number of hydrogen-bond donors (Lipinski definition) is 2. The number of nitrogens with two attached hydrogens (primary N) is 1. The van der Waals surface area contributed by atoms with Gasteiger partial charge in [0, 0.05) is 7.05 Å². The first-order valence-electron chi connectivity index (χ1n) is 4.35. The lowest BCUT2D eigenvalue weighted by atomic mass is 10.3. The van der Waals surface area contributed by atoms with Gasteiger partial charge in [0.05, 0.1) is 10.6 Å². The van der Waals surface area contributed by atoms with Crippen LogP contribution < -0.4 is 11.1 Å². The highest BCUT2D eigenvalue weighted by Crippen LogP contribution is 2.17. The molecule has 1 amide bonds. The lowest BCUT2D eigenvalue weighted by Gasteiger charge is -2.04. The maximum atomic E-state index is 13.0. The molecule has 0 aromatic heterocycles. The molecular weight excluding hydrogens is 235 g/mol. The number of carbonyl (C=O) groups excluding carboxylic acids is 1. The van der Waals surface area contributed by atoms with Crippen molar-refractivity contribution >= 4 is 21.4 Å². The van der Waals surface area contributed by atoms with Crippen molar-refractivity contribution in [1.82, 2.24) is 5.32 Å². The van der Waals surface area contributed by atoms with E-state index in [0.29, 0.717) is 0 Å². The number of halogens is 1. The van der Waals surface area contributed by atoms with E-state index in [-0.39, 0.29) is 10.6 Å². The Kier molecular flexibility index (Phi) is 3.48. The second-order valence-electron chi connectivity index (χ2n) is 3.12. The predicted octanol–water partition coefficient (Wildman–Crippen LogP) is -0.0724. The number of nitrogens with one attached hydrogen (secondary N) is 1. The number of amides is 1. The highest BCUT2D eigenvalue weighted by molar-refractivity contribution is 7.92. The Hall–Kier alpha value is -1.63. The first-order chi connectivity index (χ1) is 7.36. The number of benzene rings is 1. The van der Waals surface area contributed by atoms with Crippen LogP contribution in [0, 0.1) is 5.82 Å². The first kappa shape index (κ1) is 12.4. The van der Waals surface area contributed by atoms with Gasteiger partial charge < -0.3 is 11.1 Å². The number of sulfone groups is 1. The number of nitrogen functional groups attached to an aromatic ring is 1. The molecular formula is C9H11FN2O3S. The summed E-state index contributed by atoms with van der Waals surface area (Å²) in [4.78, 5) is 10.7. The highest BCUT2D eigenvalue weighted by Gasteiger charge is 2.19. The van der Waals surface area contributed by atoms with E-state index in [4.69, 9.17) is 5.73 Å². The molecule has 16 heavy (non-hydrogen) atoms. The van der Waals surface area contributed by atoms with Crippen LogP contribution in [0.4, 0.5) is 10.1 Å². The molecule has 0 saturated carbocycles. The maximum Gasteiger partial charge on any atom is 0.235 e. The highest BCUT2D eigenvalue weighted by atomic mass is 32.2. The molecule has 0 bridgehead atoms. The molecule has 7 heteroatoms. The Morgan fingerprint density at radius 3 is 2.62 bits per heavy atom. The van der Waals surface area contributed by atoms with Gasteiger partial charge in [-0.05, 0) is 18.2 Å². The van der Waals surface area contributed by atoms with E-state index in [1.807, 2.05) is 0 Å².